The summed E-state index contributed by atoms with van der Waals surface area (Å²) in [6, 6.07) is 16.0. The van der Waals surface area contributed by atoms with Crippen LogP contribution in [0.25, 0.3) is 11.1 Å². The minimum absolute atomic E-state index is 0.0152. The highest BCUT2D eigenvalue weighted by molar-refractivity contribution is 7.90. The van der Waals surface area contributed by atoms with E-state index in [-0.39, 0.29) is 49.1 Å². The predicted octanol–water partition coefficient (Wildman–Crippen LogP) is 3.87. The number of rotatable bonds is 16. The zero-order valence-electron chi connectivity index (χ0n) is 24.3. The molecule has 1 atom stereocenters. The van der Waals surface area contributed by atoms with Crippen molar-refractivity contribution in [3.05, 3.63) is 83.7 Å². The number of carboxylic acid groups (broad SMARTS) is 1. The Morgan fingerprint density at radius 2 is 1.77 bits per heavy atom. The molecule has 0 radical (unpaired) electrons. The quantitative estimate of drug-likeness (QED) is 0.188. The van der Waals surface area contributed by atoms with E-state index in [2.05, 4.69) is 4.98 Å². The van der Waals surface area contributed by atoms with E-state index in [9.17, 15) is 28.2 Å². The lowest BCUT2D eigenvalue weighted by atomic mass is 10.00. The molecule has 11 nitrogen and oxygen atoms in total. The third-order valence-corrected chi connectivity index (χ3v) is 7.85. The van der Waals surface area contributed by atoms with Gasteiger partial charge in [0.05, 0.1) is 30.6 Å². The molecule has 3 rings (SSSR count). The Hall–Kier alpha value is -4.00. The zero-order valence-corrected chi connectivity index (χ0v) is 25.2. The van der Waals surface area contributed by atoms with E-state index >= 15 is 0 Å². The van der Waals surface area contributed by atoms with Crippen molar-refractivity contribution in [3.8, 4) is 16.9 Å². The molecule has 0 aliphatic rings. The molecular weight excluding hydrogens is 574 g/mol. The number of nitrogens with zero attached hydrogens (tertiary/aromatic N) is 2. The number of amides is 2. The summed E-state index contributed by atoms with van der Waals surface area (Å²) in [6.07, 6.45) is 2.23. The van der Waals surface area contributed by atoms with Gasteiger partial charge in [0.25, 0.3) is 5.91 Å². The number of sulfonamides is 1. The highest BCUT2D eigenvalue weighted by Crippen LogP contribution is 2.29. The van der Waals surface area contributed by atoms with Crippen LogP contribution in [0.3, 0.4) is 0 Å². The van der Waals surface area contributed by atoms with Gasteiger partial charge in [-0.25, -0.2) is 17.9 Å². The van der Waals surface area contributed by atoms with Gasteiger partial charge >= 0.3 is 6.09 Å². The van der Waals surface area contributed by atoms with E-state index in [4.69, 9.17) is 9.84 Å². The van der Waals surface area contributed by atoms with Gasteiger partial charge in [-0.3, -0.25) is 9.78 Å². The molecule has 43 heavy (non-hydrogen) atoms. The van der Waals surface area contributed by atoms with Crippen LogP contribution in [0.2, 0.25) is 0 Å². The molecule has 0 aliphatic carbocycles. The average molecular weight is 614 g/mol. The van der Waals surface area contributed by atoms with Crippen LogP contribution in [-0.2, 0) is 16.4 Å². The Morgan fingerprint density at radius 3 is 2.40 bits per heavy atom. The molecule has 0 aliphatic heterocycles. The summed E-state index contributed by atoms with van der Waals surface area (Å²) >= 11 is 0. The van der Waals surface area contributed by atoms with Crippen LogP contribution < -0.4 is 9.46 Å². The van der Waals surface area contributed by atoms with E-state index in [1.165, 1.54) is 17.2 Å². The highest BCUT2D eigenvalue weighted by atomic mass is 32.2. The number of carbonyl (C=O) groups excluding carboxylic acids is 1. The Morgan fingerprint density at radius 1 is 1.05 bits per heavy atom. The second kappa shape index (κ2) is 16.0. The molecule has 3 aromatic rings. The summed E-state index contributed by atoms with van der Waals surface area (Å²) < 4.78 is 32.3. The average Bonchev–Trinajstić information content (AvgIpc) is 2.98. The topological polar surface area (TPSA) is 166 Å². The van der Waals surface area contributed by atoms with Crippen LogP contribution in [0.15, 0.2) is 67.0 Å². The van der Waals surface area contributed by atoms with Crippen LogP contribution >= 0.6 is 0 Å². The van der Waals surface area contributed by atoms with E-state index in [1.807, 2.05) is 42.8 Å². The molecule has 4 N–H and O–H groups in total. The number of carbonyl (C=O) groups is 2. The van der Waals surface area contributed by atoms with E-state index < -0.39 is 28.1 Å². The number of aryl methyl sites for hydroxylation is 1. The molecule has 2 aromatic carbocycles. The Labute approximate surface area is 252 Å². The van der Waals surface area contributed by atoms with Crippen LogP contribution in [0.1, 0.15) is 54.3 Å². The molecule has 0 fully saturated rings. The number of aromatic nitrogens is 1. The minimum atomic E-state index is -3.91. The molecule has 0 saturated heterocycles. The number of ether oxygens (including phenoxy) is 1. The lowest BCUT2D eigenvalue weighted by molar-refractivity contribution is 0.0960. The standard InChI is InChI=1S/C31H39N3O8S/c1-22(2)21-42-29-18-25(12-13-27(29)30(37)33-43(40,41)17-5-16-35)24-10-8-23(9-11-24)6-4-15-34(31(38)39)20-28(36)26-7-3-14-32-19-26/h3,7-14,18-19,22,28,35-36H,4-6,15-17,20-21H2,1-2H3,(H,33,37)(H,38,39)/t28-/m0/s1. The van der Waals surface area contributed by atoms with Crippen molar-refractivity contribution in [2.75, 3.05) is 32.1 Å². The molecular formula is C31H39N3O8S. The fourth-order valence-electron chi connectivity index (χ4n) is 4.26. The van der Waals surface area contributed by atoms with E-state index in [1.54, 1.807) is 30.5 Å². The van der Waals surface area contributed by atoms with Gasteiger partial charge in [0, 0.05) is 31.1 Å². The predicted molar refractivity (Wildman–Crippen MR) is 162 cm³/mol. The second-order valence-corrected chi connectivity index (χ2v) is 12.4. The van der Waals surface area contributed by atoms with Gasteiger partial charge in [0.2, 0.25) is 10.0 Å². The van der Waals surface area contributed by atoms with Gasteiger partial charge in [-0.15, -0.1) is 0 Å². The van der Waals surface area contributed by atoms with Crippen molar-refractivity contribution in [1.82, 2.24) is 14.6 Å². The van der Waals surface area contributed by atoms with Gasteiger partial charge in [0.1, 0.15) is 5.75 Å². The molecule has 232 valence electrons. The third kappa shape index (κ3) is 10.7. The minimum Gasteiger partial charge on any atom is -0.492 e. The normalized spacial score (nSPS) is 12.1. The number of hydrogen-bond donors (Lipinski definition) is 4. The number of benzene rings is 2. The molecule has 12 heteroatoms. The summed E-state index contributed by atoms with van der Waals surface area (Å²) in [6.45, 7) is 4.14. The number of aliphatic hydroxyl groups is 2. The number of nitrogens with one attached hydrogen (secondary N) is 1. The largest absolute Gasteiger partial charge is 0.492 e. The van der Waals surface area contributed by atoms with Crippen molar-refractivity contribution in [1.29, 1.82) is 0 Å². The summed E-state index contributed by atoms with van der Waals surface area (Å²) in [4.78, 5) is 29.7. The van der Waals surface area contributed by atoms with Gasteiger partial charge in [-0.2, -0.15) is 0 Å². The van der Waals surface area contributed by atoms with Gasteiger partial charge in [0.15, 0.2) is 0 Å². The summed E-state index contributed by atoms with van der Waals surface area (Å²) in [5, 5.41) is 28.9. The summed E-state index contributed by atoms with van der Waals surface area (Å²) in [5.41, 5.74) is 3.27. The van der Waals surface area contributed by atoms with Crippen LogP contribution in [0, 0.1) is 5.92 Å². The fourth-order valence-corrected chi connectivity index (χ4v) is 5.26. The third-order valence-electron chi connectivity index (χ3n) is 6.53. The molecule has 0 bridgehead atoms. The van der Waals surface area contributed by atoms with Crippen molar-refractivity contribution in [3.63, 3.8) is 0 Å². The fraction of sp³-hybridized carbons (Fsp3) is 0.387. The van der Waals surface area contributed by atoms with Gasteiger partial charge < -0.3 is 25.0 Å². The number of pyridine rings is 1. The Balaban J connectivity index is 1.67. The molecule has 2 amide bonds. The monoisotopic (exact) mass is 613 g/mol. The number of hydrogen-bond acceptors (Lipinski definition) is 8. The van der Waals surface area contributed by atoms with Crippen molar-refractivity contribution in [2.45, 2.75) is 39.2 Å². The molecule has 0 spiro atoms. The van der Waals surface area contributed by atoms with Crippen LogP contribution in [0.4, 0.5) is 4.79 Å². The molecule has 1 heterocycles. The smallest absolute Gasteiger partial charge is 0.407 e. The molecule has 0 unspecified atom stereocenters. The zero-order chi connectivity index (χ0) is 31.4. The van der Waals surface area contributed by atoms with E-state index in [0.29, 0.717) is 25.0 Å². The van der Waals surface area contributed by atoms with Crippen molar-refractivity contribution in [2.24, 2.45) is 5.92 Å². The Kier molecular flexibility index (Phi) is 12.5. The first-order valence-corrected chi connectivity index (χ1v) is 15.7. The second-order valence-electron chi connectivity index (χ2n) is 10.6. The van der Waals surface area contributed by atoms with Crippen LogP contribution in [0.5, 0.6) is 5.75 Å². The maximum absolute atomic E-state index is 12.8. The Bertz CT molecular complexity index is 1450. The summed E-state index contributed by atoms with van der Waals surface area (Å²) in [5.74, 6) is -0.749. The van der Waals surface area contributed by atoms with Gasteiger partial charge in [-0.1, -0.05) is 50.2 Å². The highest BCUT2D eigenvalue weighted by Gasteiger charge is 2.21. The van der Waals surface area contributed by atoms with Gasteiger partial charge in [-0.05, 0) is 60.1 Å². The van der Waals surface area contributed by atoms with Crippen molar-refractivity contribution >= 4 is 22.0 Å². The SMILES string of the molecule is CC(C)COc1cc(-c2ccc(CCCN(C[C@H](O)c3cccnc3)C(=O)O)cc2)ccc1C(=O)NS(=O)(=O)CCCO. The maximum atomic E-state index is 12.8. The van der Waals surface area contributed by atoms with E-state index in [0.717, 1.165) is 16.7 Å². The van der Waals surface area contributed by atoms with Crippen molar-refractivity contribution < 1.29 is 38.1 Å². The lowest BCUT2D eigenvalue weighted by Gasteiger charge is -2.22. The number of aliphatic hydroxyl groups excluding tert-OH is 2. The molecule has 1 aromatic heterocycles. The van der Waals surface area contributed by atoms with Crippen LogP contribution in [-0.4, -0.2) is 77.7 Å². The maximum Gasteiger partial charge on any atom is 0.407 e. The lowest BCUT2D eigenvalue weighted by Crippen LogP contribution is -2.34. The molecule has 0 saturated carbocycles. The summed E-state index contributed by atoms with van der Waals surface area (Å²) in [7, 11) is -3.91. The first-order valence-electron chi connectivity index (χ1n) is 14.1. The first-order chi connectivity index (χ1) is 20.5. The first kappa shape index (κ1) is 33.5.